The van der Waals surface area contributed by atoms with Gasteiger partial charge in [-0.3, -0.25) is 9.69 Å². The molecule has 1 aliphatic heterocycles. The van der Waals surface area contributed by atoms with E-state index in [1.807, 2.05) is 68.4 Å². The van der Waals surface area contributed by atoms with Crippen molar-refractivity contribution in [2.24, 2.45) is 0 Å². The van der Waals surface area contributed by atoms with Crippen molar-refractivity contribution in [1.82, 2.24) is 10.6 Å². The molecule has 0 spiro atoms. The third kappa shape index (κ3) is 3.47. The largest absolute Gasteiger partial charge is 0.450 e. The minimum Gasteiger partial charge on any atom is -0.450 e. The molecule has 6 nitrogen and oxygen atoms in total. The van der Waals surface area contributed by atoms with Crippen molar-refractivity contribution in [2.75, 3.05) is 18.0 Å². The van der Waals surface area contributed by atoms with Crippen LogP contribution in [0.15, 0.2) is 65.1 Å². The predicted octanol–water partition coefficient (Wildman–Crippen LogP) is 5.31. The van der Waals surface area contributed by atoms with Gasteiger partial charge >= 0.3 is 6.03 Å². The molecule has 2 heterocycles. The molecule has 32 heavy (non-hydrogen) atoms. The topological polar surface area (TPSA) is 74.6 Å². The molecule has 2 N–H and O–H groups in total. The maximum absolute atomic E-state index is 13.0. The number of urea groups is 1. The molecule has 5 rings (SSSR count). The number of fused-ring (bicyclic) bond motifs is 3. The molecular formula is C26H25N3O3. The van der Waals surface area contributed by atoms with E-state index in [1.54, 1.807) is 4.90 Å². The molecule has 0 radical (unpaired) electrons. The maximum Gasteiger partial charge on any atom is 0.321 e. The molecule has 0 saturated carbocycles. The lowest BCUT2D eigenvalue weighted by Crippen LogP contribution is -2.46. The van der Waals surface area contributed by atoms with Crippen LogP contribution in [0.2, 0.25) is 0 Å². The Morgan fingerprint density at radius 2 is 1.84 bits per heavy atom. The van der Waals surface area contributed by atoms with Crippen LogP contribution >= 0.6 is 0 Å². The van der Waals surface area contributed by atoms with E-state index in [0.29, 0.717) is 18.8 Å². The first-order valence-electron chi connectivity index (χ1n) is 10.9. The molecule has 4 aromatic rings. The number of hydrogen-bond acceptors (Lipinski definition) is 3. The Labute approximate surface area is 186 Å². The highest BCUT2D eigenvalue weighted by atomic mass is 16.3. The van der Waals surface area contributed by atoms with Gasteiger partial charge in [-0.05, 0) is 43.4 Å². The van der Waals surface area contributed by atoms with Crippen molar-refractivity contribution in [1.29, 1.82) is 0 Å². The van der Waals surface area contributed by atoms with Crippen LogP contribution in [0.5, 0.6) is 0 Å². The Morgan fingerprint density at radius 3 is 2.62 bits per heavy atom. The maximum atomic E-state index is 13.0. The predicted molar refractivity (Wildman–Crippen MR) is 126 cm³/mol. The lowest BCUT2D eigenvalue weighted by atomic mass is 10.0. The molecule has 162 valence electrons. The van der Waals surface area contributed by atoms with Gasteiger partial charge in [0.25, 0.3) is 5.91 Å². The average Bonchev–Trinajstić information content (AvgIpc) is 3.16. The lowest BCUT2D eigenvalue weighted by molar-refractivity contribution is 0.0913. The molecule has 1 aliphatic rings. The first-order valence-corrected chi connectivity index (χ1v) is 10.9. The van der Waals surface area contributed by atoms with Gasteiger partial charge < -0.3 is 15.1 Å². The van der Waals surface area contributed by atoms with Crippen LogP contribution in [0.4, 0.5) is 10.5 Å². The second kappa shape index (κ2) is 8.04. The van der Waals surface area contributed by atoms with Gasteiger partial charge in [-0.1, -0.05) is 48.5 Å². The number of nitrogens with one attached hydrogen (secondary N) is 2. The third-order valence-electron chi connectivity index (χ3n) is 6.17. The Kier molecular flexibility index (Phi) is 5.05. The van der Waals surface area contributed by atoms with E-state index in [9.17, 15) is 9.59 Å². The summed E-state index contributed by atoms with van der Waals surface area (Å²) in [6, 6.07) is 19.5. The zero-order chi connectivity index (χ0) is 22.2. The van der Waals surface area contributed by atoms with E-state index in [1.165, 1.54) is 0 Å². The van der Waals surface area contributed by atoms with E-state index in [4.69, 9.17) is 4.42 Å². The van der Waals surface area contributed by atoms with Gasteiger partial charge in [-0.2, -0.15) is 0 Å². The Hall–Kier alpha value is -3.80. The standard InChI is InChI=1S/C26H25N3O3/c1-16-21-13-10-19-6-3-4-7-22(19)24(21)32-23(16)25(30)28-17(2)18-8-11-20(12-9-18)29-15-5-14-27-26(29)31/h3-4,6-13,17H,5,14-15H2,1-2H3,(H,27,31)(H,28,30). The summed E-state index contributed by atoms with van der Waals surface area (Å²) in [6.07, 6.45) is 0.923. The fourth-order valence-corrected chi connectivity index (χ4v) is 4.33. The molecule has 1 aromatic heterocycles. The van der Waals surface area contributed by atoms with E-state index in [2.05, 4.69) is 16.7 Å². The van der Waals surface area contributed by atoms with Crippen molar-refractivity contribution in [3.63, 3.8) is 0 Å². The number of furan rings is 1. The van der Waals surface area contributed by atoms with Crippen LogP contribution in [-0.2, 0) is 0 Å². The van der Waals surface area contributed by atoms with Crippen molar-refractivity contribution < 1.29 is 14.0 Å². The number of nitrogens with zero attached hydrogens (tertiary/aromatic N) is 1. The van der Waals surface area contributed by atoms with Crippen LogP contribution in [0.1, 0.15) is 41.1 Å². The molecule has 1 unspecified atom stereocenters. The van der Waals surface area contributed by atoms with Crippen LogP contribution in [0, 0.1) is 6.92 Å². The normalized spacial score (nSPS) is 15.1. The van der Waals surface area contributed by atoms with Crippen molar-refractivity contribution >= 4 is 39.4 Å². The minimum atomic E-state index is -0.241. The summed E-state index contributed by atoms with van der Waals surface area (Å²) in [5, 5.41) is 8.93. The molecule has 0 aliphatic carbocycles. The summed E-state index contributed by atoms with van der Waals surface area (Å²) >= 11 is 0. The van der Waals surface area contributed by atoms with E-state index in [0.717, 1.165) is 45.0 Å². The van der Waals surface area contributed by atoms with E-state index < -0.39 is 0 Å². The van der Waals surface area contributed by atoms with E-state index >= 15 is 0 Å². The summed E-state index contributed by atoms with van der Waals surface area (Å²) in [4.78, 5) is 26.8. The van der Waals surface area contributed by atoms with Crippen molar-refractivity contribution in [3.8, 4) is 0 Å². The van der Waals surface area contributed by atoms with Gasteiger partial charge in [0.2, 0.25) is 0 Å². The van der Waals surface area contributed by atoms with Gasteiger partial charge in [0.1, 0.15) is 5.58 Å². The van der Waals surface area contributed by atoms with Gasteiger partial charge in [-0.15, -0.1) is 0 Å². The molecule has 0 bridgehead atoms. The number of rotatable bonds is 4. The third-order valence-corrected chi connectivity index (χ3v) is 6.17. The number of benzene rings is 3. The van der Waals surface area contributed by atoms with Gasteiger partial charge in [0.15, 0.2) is 5.76 Å². The Balaban J connectivity index is 1.36. The van der Waals surface area contributed by atoms with Crippen molar-refractivity contribution in [2.45, 2.75) is 26.3 Å². The molecule has 1 saturated heterocycles. The van der Waals surface area contributed by atoms with Crippen LogP contribution in [-0.4, -0.2) is 25.0 Å². The molecule has 3 amide bonds. The first kappa shape index (κ1) is 20.1. The van der Waals surface area contributed by atoms with Gasteiger partial charge in [0, 0.05) is 35.1 Å². The van der Waals surface area contributed by atoms with Crippen molar-refractivity contribution in [3.05, 3.63) is 77.6 Å². The summed E-state index contributed by atoms with van der Waals surface area (Å²) < 4.78 is 6.06. The highest BCUT2D eigenvalue weighted by Gasteiger charge is 2.22. The number of hydrogen-bond donors (Lipinski definition) is 2. The smallest absolute Gasteiger partial charge is 0.321 e. The lowest BCUT2D eigenvalue weighted by Gasteiger charge is -2.27. The fourth-order valence-electron chi connectivity index (χ4n) is 4.33. The Bertz CT molecular complexity index is 1320. The summed E-state index contributed by atoms with van der Waals surface area (Å²) in [7, 11) is 0. The van der Waals surface area contributed by atoms with Crippen LogP contribution in [0.25, 0.3) is 21.7 Å². The molecule has 1 atom stereocenters. The Morgan fingerprint density at radius 1 is 1.06 bits per heavy atom. The average molecular weight is 428 g/mol. The zero-order valence-corrected chi connectivity index (χ0v) is 18.1. The van der Waals surface area contributed by atoms with Crippen LogP contribution in [0.3, 0.4) is 0 Å². The second-order valence-corrected chi connectivity index (χ2v) is 8.24. The quantitative estimate of drug-likeness (QED) is 0.464. The highest BCUT2D eigenvalue weighted by Crippen LogP contribution is 2.32. The summed E-state index contributed by atoms with van der Waals surface area (Å²) in [5.74, 6) is 0.0968. The number of carbonyl (C=O) groups is 2. The monoisotopic (exact) mass is 427 g/mol. The number of carbonyl (C=O) groups excluding carboxylic acids is 2. The zero-order valence-electron chi connectivity index (χ0n) is 18.1. The molecule has 6 heteroatoms. The van der Waals surface area contributed by atoms with Crippen LogP contribution < -0.4 is 15.5 Å². The molecule has 1 fully saturated rings. The number of anilines is 1. The molecule has 3 aromatic carbocycles. The number of aryl methyl sites for hydroxylation is 1. The molecular weight excluding hydrogens is 402 g/mol. The van der Waals surface area contributed by atoms with Gasteiger partial charge in [-0.25, -0.2) is 4.79 Å². The minimum absolute atomic E-state index is 0.0711. The highest BCUT2D eigenvalue weighted by molar-refractivity contribution is 6.09. The second-order valence-electron chi connectivity index (χ2n) is 8.24. The SMILES string of the molecule is Cc1c(C(=O)NC(C)c2ccc(N3CCCNC3=O)cc2)oc2c1ccc1ccccc12. The summed E-state index contributed by atoms with van der Waals surface area (Å²) in [6.45, 7) is 5.28. The first-order chi connectivity index (χ1) is 15.5. The van der Waals surface area contributed by atoms with E-state index in [-0.39, 0.29) is 18.0 Å². The summed E-state index contributed by atoms with van der Waals surface area (Å²) in [5.41, 5.74) is 3.38. The fraction of sp³-hybridized carbons (Fsp3) is 0.231. The number of amides is 3. The van der Waals surface area contributed by atoms with Gasteiger partial charge in [0.05, 0.1) is 6.04 Å².